The van der Waals surface area contributed by atoms with Crippen molar-refractivity contribution in [2.24, 2.45) is 4.99 Å². The summed E-state index contributed by atoms with van der Waals surface area (Å²) in [5.74, 6) is 0.124. The van der Waals surface area contributed by atoms with Crippen LogP contribution in [0.4, 0.5) is 0 Å². The number of isocyanates is 1. The zero-order valence-corrected chi connectivity index (χ0v) is 8.01. The molecule has 0 aliphatic heterocycles. The summed E-state index contributed by atoms with van der Waals surface area (Å²) in [6.07, 6.45) is 4.65. The van der Waals surface area contributed by atoms with E-state index in [0.717, 1.165) is 19.3 Å². The first-order valence-electron chi connectivity index (χ1n) is 4.41. The standard InChI is InChI=1S/C10H15NO2/c1-9(2)10(13)6-4-3-5-7-11-8-12/h1,3-7H2,2H3. The molecule has 0 saturated carbocycles. The Hall–Kier alpha value is -1.21. The number of aliphatic imine (C=N–C) groups is 1. The highest BCUT2D eigenvalue weighted by atomic mass is 16.1. The molecule has 13 heavy (non-hydrogen) atoms. The van der Waals surface area contributed by atoms with Crippen LogP contribution in [0.2, 0.25) is 0 Å². The number of nitrogens with zero attached hydrogens (tertiary/aromatic N) is 1. The van der Waals surface area contributed by atoms with Crippen LogP contribution in [-0.4, -0.2) is 18.4 Å². The predicted octanol–water partition coefficient (Wildman–Crippen LogP) is 2.03. The van der Waals surface area contributed by atoms with E-state index in [1.54, 1.807) is 6.92 Å². The van der Waals surface area contributed by atoms with Crippen molar-refractivity contribution in [3.05, 3.63) is 12.2 Å². The number of carbonyl (C=O) groups is 1. The molecule has 0 heterocycles. The summed E-state index contributed by atoms with van der Waals surface area (Å²) in [7, 11) is 0. The van der Waals surface area contributed by atoms with E-state index in [2.05, 4.69) is 11.6 Å². The molecule has 0 N–H and O–H groups in total. The molecule has 0 unspecified atom stereocenters. The summed E-state index contributed by atoms with van der Waals surface area (Å²) in [6, 6.07) is 0. The van der Waals surface area contributed by atoms with Gasteiger partial charge in [0.05, 0.1) is 6.54 Å². The second-order valence-corrected chi connectivity index (χ2v) is 2.99. The molecule has 0 aliphatic carbocycles. The Bertz CT molecular complexity index is 227. The third kappa shape index (κ3) is 7.16. The van der Waals surface area contributed by atoms with E-state index in [1.807, 2.05) is 0 Å². The maximum atomic E-state index is 11.0. The van der Waals surface area contributed by atoms with Gasteiger partial charge in [-0.25, -0.2) is 9.79 Å². The van der Waals surface area contributed by atoms with Gasteiger partial charge in [-0.05, 0) is 25.3 Å². The zero-order valence-electron chi connectivity index (χ0n) is 8.01. The number of Topliss-reactive ketones (excluding diaryl/α,β-unsaturated/α-hetero) is 1. The third-order valence-corrected chi connectivity index (χ3v) is 1.71. The van der Waals surface area contributed by atoms with Crippen LogP contribution in [0, 0.1) is 0 Å². The molecule has 0 aromatic heterocycles. The first-order chi connectivity index (χ1) is 6.18. The van der Waals surface area contributed by atoms with Crippen LogP contribution in [0.3, 0.4) is 0 Å². The lowest BCUT2D eigenvalue weighted by molar-refractivity contribution is -0.115. The zero-order chi connectivity index (χ0) is 10.1. The molecule has 0 aromatic carbocycles. The van der Waals surface area contributed by atoms with Crippen LogP contribution < -0.4 is 0 Å². The first-order valence-corrected chi connectivity index (χ1v) is 4.41. The SMILES string of the molecule is C=C(C)C(=O)CCCCCN=C=O. The molecule has 0 amide bonds. The van der Waals surface area contributed by atoms with E-state index < -0.39 is 0 Å². The van der Waals surface area contributed by atoms with Gasteiger partial charge in [-0.1, -0.05) is 13.0 Å². The average molecular weight is 181 g/mol. The second kappa shape index (κ2) is 7.44. The molecule has 0 aliphatic rings. The van der Waals surface area contributed by atoms with E-state index in [1.165, 1.54) is 6.08 Å². The summed E-state index contributed by atoms with van der Waals surface area (Å²) < 4.78 is 0. The number of carbonyl (C=O) groups excluding carboxylic acids is 2. The predicted molar refractivity (Wildman–Crippen MR) is 51.3 cm³/mol. The van der Waals surface area contributed by atoms with Gasteiger partial charge in [0.1, 0.15) is 0 Å². The minimum atomic E-state index is 0.124. The van der Waals surface area contributed by atoms with Gasteiger partial charge in [0.15, 0.2) is 5.78 Å². The second-order valence-electron chi connectivity index (χ2n) is 2.99. The van der Waals surface area contributed by atoms with Crippen LogP contribution in [0.25, 0.3) is 0 Å². The van der Waals surface area contributed by atoms with Crippen LogP contribution in [0.15, 0.2) is 17.1 Å². The summed E-state index contributed by atoms with van der Waals surface area (Å²) in [6.45, 7) is 5.80. The monoisotopic (exact) mass is 181 g/mol. The molecule has 0 atom stereocenters. The average Bonchev–Trinajstić information content (AvgIpc) is 2.10. The number of ketones is 1. The molecule has 3 heteroatoms. The number of hydrogen-bond acceptors (Lipinski definition) is 3. The third-order valence-electron chi connectivity index (χ3n) is 1.71. The fraction of sp³-hybridized carbons (Fsp3) is 0.600. The Morgan fingerprint density at radius 1 is 1.38 bits per heavy atom. The van der Waals surface area contributed by atoms with Crippen LogP contribution in [0.1, 0.15) is 32.6 Å². The minimum absolute atomic E-state index is 0.124. The molecule has 0 radical (unpaired) electrons. The lowest BCUT2D eigenvalue weighted by Crippen LogP contribution is -1.97. The normalized spacial score (nSPS) is 9.00. The van der Waals surface area contributed by atoms with E-state index >= 15 is 0 Å². The minimum Gasteiger partial charge on any atom is -0.295 e. The maximum absolute atomic E-state index is 11.0. The Morgan fingerprint density at radius 3 is 2.62 bits per heavy atom. The number of rotatable bonds is 7. The number of allylic oxidation sites excluding steroid dienone is 1. The highest BCUT2D eigenvalue weighted by molar-refractivity contribution is 5.93. The van der Waals surface area contributed by atoms with Crippen molar-refractivity contribution in [3.63, 3.8) is 0 Å². The van der Waals surface area contributed by atoms with Crippen LogP contribution in [0.5, 0.6) is 0 Å². The Labute approximate surface area is 78.6 Å². The topological polar surface area (TPSA) is 46.5 Å². The molecule has 0 saturated heterocycles. The van der Waals surface area contributed by atoms with E-state index in [9.17, 15) is 9.59 Å². The molecule has 0 bridgehead atoms. The van der Waals surface area contributed by atoms with Gasteiger partial charge in [-0.3, -0.25) is 4.79 Å². The van der Waals surface area contributed by atoms with Crippen molar-refractivity contribution in [3.8, 4) is 0 Å². The van der Waals surface area contributed by atoms with Crippen molar-refractivity contribution < 1.29 is 9.59 Å². The van der Waals surface area contributed by atoms with Gasteiger partial charge in [-0.2, -0.15) is 0 Å². The van der Waals surface area contributed by atoms with Gasteiger partial charge in [0, 0.05) is 6.42 Å². The van der Waals surface area contributed by atoms with Crippen molar-refractivity contribution in [2.75, 3.05) is 6.54 Å². The summed E-state index contributed by atoms with van der Waals surface area (Å²) >= 11 is 0. The van der Waals surface area contributed by atoms with Crippen molar-refractivity contribution >= 4 is 11.9 Å². The first kappa shape index (κ1) is 11.8. The Balaban J connectivity index is 3.30. The van der Waals surface area contributed by atoms with Gasteiger partial charge in [0.25, 0.3) is 0 Å². The summed E-state index contributed by atoms with van der Waals surface area (Å²) in [5.41, 5.74) is 0.617. The Kier molecular flexibility index (Phi) is 6.75. The number of unbranched alkanes of at least 4 members (excludes halogenated alkanes) is 2. The van der Waals surface area contributed by atoms with E-state index in [0.29, 0.717) is 18.5 Å². The van der Waals surface area contributed by atoms with Crippen LogP contribution >= 0.6 is 0 Å². The molecular weight excluding hydrogens is 166 g/mol. The van der Waals surface area contributed by atoms with Crippen molar-refractivity contribution in [2.45, 2.75) is 32.6 Å². The molecule has 3 nitrogen and oxygen atoms in total. The fourth-order valence-corrected chi connectivity index (χ4v) is 0.912. The molecule has 0 rings (SSSR count). The largest absolute Gasteiger partial charge is 0.295 e. The highest BCUT2D eigenvalue weighted by Gasteiger charge is 2.00. The van der Waals surface area contributed by atoms with Crippen molar-refractivity contribution in [1.82, 2.24) is 0 Å². The van der Waals surface area contributed by atoms with Gasteiger partial charge >= 0.3 is 0 Å². The lowest BCUT2D eigenvalue weighted by Gasteiger charge is -1.98. The van der Waals surface area contributed by atoms with Gasteiger partial charge in [0.2, 0.25) is 6.08 Å². The van der Waals surface area contributed by atoms with E-state index in [-0.39, 0.29) is 5.78 Å². The molecule has 0 fully saturated rings. The summed E-state index contributed by atoms with van der Waals surface area (Å²) in [4.78, 5) is 24.1. The fourth-order valence-electron chi connectivity index (χ4n) is 0.912. The maximum Gasteiger partial charge on any atom is 0.234 e. The number of hydrogen-bond donors (Lipinski definition) is 0. The van der Waals surface area contributed by atoms with E-state index in [4.69, 9.17) is 0 Å². The lowest BCUT2D eigenvalue weighted by atomic mass is 10.1. The molecule has 0 aromatic rings. The molecule has 0 spiro atoms. The van der Waals surface area contributed by atoms with Crippen molar-refractivity contribution in [1.29, 1.82) is 0 Å². The molecule has 72 valence electrons. The summed E-state index contributed by atoms with van der Waals surface area (Å²) in [5, 5.41) is 0. The molecular formula is C10H15NO2. The smallest absolute Gasteiger partial charge is 0.234 e. The highest BCUT2D eigenvalue weighted by Crippen LogP contribution is 2.04. The van der Waals surface area contributed by atoms with Crippen LogP contribution in [-0.2, 0) is 9.59 Å². The van der Waals surface area contributed by atoms with Gasteiger partial charge in [-0.15, -0.1) is 0 Å². The Morgan fingerprint density at radius 2 is 2.08 bits per heavy atom. The quantitative estimate of drug-likeness (QED) is 0.261. The van der Waals surface area contributed by atoms with Gasteiger partial charge < -0.3 is 0 Å².